The Morgan fingerprint density at radius 3 is 2.89 bits per heavy atom. The average Bonchev–Trinajstić information content (AvgIpc) is 2.83. The first kappa shape index (κ1) is 13.3. The third kappa shape index (κ3) is 3.19. The first-order chi connectivity index (χ1) is 9.10. The molecule has 0 amide bonds. The maximum Gasteiger partial charge on any atom is 0.379 e. The molecule has 0 saturated carbocycles. The van der Waals surface area contributed by atoms with Crippen LogP contribution in [0.1, 0.15) is 40.1 Å². The number of nitrogens with zero attached hydrogens (tertiary/aromatic N) is 2. The topological polar surface area (TPSA) is 65.2 Å². The summed E-state index contributed by atoms with van der Waals surface area (Å²) in [4.78, 5) is 15.5. The Balaban J connectivity index is 2.15. The lowest BCUT2D eigenvalue weighted by atomic mass is 10.0. The van der Waals surface area contributed by atoms with Gasteiger partial charge in [-0.3, -0.25) is 0 Å². The van der Waals surface area contributed by atoms with Crippen LogP contribution in [0.3, 0.4) is 0 Å². The van der Waals surface area contributed by atoms with Gasteiger partial charge in [0.1, 0.15) is 0 Å². The van der Waals surface area contributed by atoms with Crippen LogP contribution < -0.4 is 0 Å². The van der Waals surface area contributed by atoms with Gasteiger partial charge in [-0.15, -0.1) is 0 Å². The van der Waals surface area contributed by atoms with Crippen molar-refractivity contribution in [3.8, 4) is 0 Å². The second kappa shape index (κ2) is 5.65. The van der Waals surface area contributed by atoms with Crippen LogP contribution in [0, 0.1) is 13.8 Å². The third-order valence-corrected chi connectivity index (χ3v) is 2.77. The molecule has 1 aromatic carbocycles. The predicted molar refractivity (Wildman–Crippen MR) is 69.0 cm³/mol. The van der Waals surface area contributed by atoms with Gasteiger partial charge in [0.25, 0.3) is 5.82 Å². The number of hydrogen-bond donors (Lipinski definition) is 0. The largest absolute Gasteiger partial charge is 0.460 e. The lowest BCUT2D eigenvalue weighted by molar-refractivity contribution is 0.0508. The second-order valence-electron chi connectivity index (χ2n) is 4.34. The van der Waals surface area contributed by atoms with E-state index in [0.29, 0.717) is 18.9 Å². The Morgan fingerprint density at radius 1 is 1.37 bits per heavy atom. The van der Waals surface area contributed by atoms with E-state index >= 15 is 0 Å². The predicted octanol–water partition coefficient (Wildman–Crippen LogP) is 2.45. The van der Waals surface area contributed by atoms with E-state index in [0.717, 1.165) is 11.1 Å². The van der Waals surface area contributed by atoms with Gasteiger partial charge in [0.2, 0.25) is 5.89 Å². The Labute approximate surface area is 111 Å². The number of aromatic nitrogens is 2. The maximum absolute atomic E-state index is 11.4. The van der Waals surface area contributed by atoms with E-state index in [2.05, 4.69) is 22.3 Å². The molecule has 2 aromatic rings. The van der Waals surface area contributed by atoms with E-state index in [1.165, 1.54) is 5.56 Å². The van der Waals surface area contributed by atoms with Gasteiger partial charge in [-0.2, -0.15) is 4.98 Å². The van der Waals surface area contributed by atoms with E-state index in [4.69, 9.17) is 9.26 Å². The number of aryl methyl sites for hydroxylation is 2. The minimum Gasteiger partial charge on any atom is -0.460 e. The molecule has 0 saturated heterocycles. The number of carbonyl (C=O) groups excluding carboxylic acids is 1. The van der Waals surface area contributed by atoms with Gasteiger partial charge in [-0.1, -0.05) is 23.8 Å². The molecule has 0 spiro atoms. The fraction of sp³-hybridized carbons (Fsp3) is 0.357. The van der Waals surface area contributed by atoms with Crippen LogP contribution in [0.5, 0.6) is 0 Å². The maximum atomic E-state index is 11.4. The van der Waals surface area contributed by atoms with Crippen LogP contribution in [-0.2, 0) is 11.2 Å². The van der Waals surface area contributed by atoms with Crippen molar-refractivity contribution in [3.63, 3.8) is 0 Å². The number of carbonyl (C=O) groups is 1. The van der Waals surface area contributed by atoms with E-state index in [-0.39, 0.29) is 5.82 Å². The molecule has 0 unspecified atom stereocenters. The van der Waals surface area contributed by atoms with E-state index in [1.807, 2.05) is 19.9 Å². The van der Waals surface area contributed by atoms with E-state index in [1.54, 1.807) is 6.92 Å². The molecule has 2 rings (SSSR count). The quantitative estimate of drug-likeness (QED) is 0.790. The first-order valence-corrected chi connectivity index (χ1v) is 6.16. The molecule has 19 heavy (non-hydrogen) atoms. The number of esters is 1. The fourth-order valence-corrected chi connectivity index (χ4v) is 1.76. The van der Waals surface area contributed by atoms with Crippen LogP contribution in [0.25, 0.3) is 0 Å². The highest BCUT2D eigenvalue weighted by Gasteiger charge is 2.16. The number of rotatable bonds is 4. The van der Waals surface area contributed by atoms with Gasteiger partial charge in [-0.25, -0.2) is 4.79 Å². The van der Waals surface area contributed by atoms with Crippen molar-refractivity contribution in [2.75, 3.05) is 6.61 Å². The van der Waals surface area contributed by atoms with Crippen molar-refractivity contribution < 1.29 is 14.1 Å². The molecule has 1 aromatic heterocycles. The molecular weight excluding hydrogens is 244 g/mol. The molecule has 0 aliphatic rings. The van der Waals surface area contributed by atoms with Gasteiger partial charge < -0.3 is 9.26 Å². The van der Waals surface area contributed by atoms with Crippen LogP contribution >= 0.6 is 0 Å². The van der Waals surface area contributed by atoms with Gasteiger partial charge >= 0.3 is 5.97 Å². The molecule has 100 valence electrons. The van der Waals surface area contributed by atoms with Crippen molar-refractivity contribution in [2.45, 2.75) is 27.2 Å². The molecular formula is C14H16N2O3. The summed E-state index contributed by atoms with van der Waals surface area (Å²) in [6, 6.07) is 6.17. The van der Waals surface area contributed by atoms with Gasteiger partial charge in [0, 0.05) is 0 Å². The zero-order valence-electron chi connectivity index (χ0n) is 11.3. The van der Waals surface area contributed by atoms with Crippen molar-refractivity contribution in [3.05, 3.63) is 46.6 Å². The van der Waals surface area contributed by atoms with E-state index in [9.17, 15) is 4.79 Å². The van der Waals surface area contributed by atoms with Crippen molar-refractivity contribution in [2.24, 2.45) is 0 Å². The highest BCUT2D eigenvalue weighted by Crippen LogP contribution is 2.14. The molecule has 0 aliphatic carbocycles. The number of benzene rings is 1. The van der Waals surface area contributed by atoms with Crippen LogP contribution in [-0.4, -0.2) is 22.7 Å². The van der Waals surface area contributed by atoms with Crippen LogP contribution in [0.2, 0.25) is 0 Å². The summed E-state index contributed by atoms with van der Waals surface area (Å²) in [5.74, 6) is -0.169. The Kier molecular flexibility index (Phi) is 3.94. The molecule has 0 atom stereocenters. The summed E-state index contributed by atoms with van der Waals surface area (Å²) in [5.41, 5.74) is 3.44. The van der Waals surface area contributed by atoms with Gasteiger partial charge in [-0.05, 0) is 37.1 Å². The summed E-state index contributed by atoms with van der Waals surface area (Å²) in [5, 5.41) is 3.62. The summed E-state index contributed by atoms with van der Waals surface area (Å²) < 4.78 is 9.88. The average molecular weight is 260 g/mol. The Morgan fingerprint density at radius 2 is 2.16 bits per heavy atom. The molecule has 5 nitrogen and oxygen atoms in total. The summed E-state index contributed by atoms with van der Waals surface area (Å²) >= 11 is 0. The van der Waals surface area contributed by atoms with Crippen LogP contribution in [0.15, 0.2) is 22.7 Å². The normalized spacial score (nSPS) is 10.5. The second-order valence-corrected chi connectivity index (χ2v) is 4.34. The summed E-state index contributed by atoms with van der Waals surface area (Å²) in [6.45, 7) is 6.08. The summed E-state index contributed by atoms with van der Waals surface area (Å²) in [7, 11) is 0. The molecule has 0 N–H and O–H groups in total. The molecule has 0 fully saturated rings. The highest BCUT2D eigenvalue weighted by atomic mass is 16.5. The SMILES string of the molecule is CCOC(=O)c1noc(Cc2cc(C)ccc2C)n1. The monoisotopic (exact) mass is 260 g/mol. The lowest BCUT2D eigenvalue weighted by Gasteiger charge is -2.03. The van der Waals surface area contributed by atoms with Gasteiger partial charge in [0.05, 0.1) is 13.0 Å². The van der Waals surface area contributed by atoms with Crippen LogP contribution in [0.4, 0.5) is 0 Å². The molecule has 0 aliphatic heterocycles. The Bertz CT molecular complexity index is 590. The van der Waals surface area contributed by atoms with Crippen molar-refractivity contribution in [1.82, 2.24) is 10.1 Å². The zero-order chi connectivity index (χ0) is 13.8. The van der Waals surface area contributed by atoms with E-state index < -0.39 is 5.97 Å². The minimum absolute atomic E-state index is 0.0258. The van der Waals surface area contributed by atoms with Crippen molar-refractivity contribution >= 4 is 5.97 Å². The molecule has 1 heterocycles. The number of hydrogen-bond acceptors (Lipinski definition) is 5. The fourth-order valence-electron chi connectivity index (χ4n) is 1.76. The standard InChI is InChI=1S/C14H16N2O3/c1-4-18-14(17)13-15-12(19-16-13)8-11-7-9(2)5-6-10(11)3/h5-7H,4,8H2,1-3H3. The van der Waals surface area contributed by atoms with Crippen molar-refractivity contribution in [1.29, 1.82) is 0 Å². The highest BCUT2D eigenvalue weighted by molar-refractivity contribution is 5.84. The minimum atomic E-state index is -0.557. The third-order valence-electron chi connectivity index (χ3n) is 2.77. The molecule has 0 bridgehead atoms. The zero-order valence-corrected chi connectivity index (χ0v) is 11.3. The number of ether oxygens (including phenoxy) is 1. The molecule has 5 heteroatoms. The molecule has 0 radical (unpaired) electrons. The Hall–Kier alpha value is -2.17. The lowest BCUT2D eigenvalue weighted by Crippen LogP contribution is -2.06. The van der Waals surface area contributed by atoms with Gasteiger partial charge in [0.15, 0.2) is 0 Å². The smallest absolute Gasteiger partial charge is 0.379 e. The first-order valence-electron chi connectivity index (χ1n) is 6.16. The summed E-state index contributed by atoms with van der Waals surface area (Å²) in [6.07, 6.45) is 0.514.